The van der Waals surface area contributed by atoms with E-state index in [0.717, 1.165) is 36.5 Å². The lowest BCUT2D eigenvalue weighted by molar-refractivity contribution is 0.140. The third-order valence-electron chi connectivity index (χ3n) is 7.85. The number of benzene rings is 1. The molecule has 2 heteroatoms. The van der Waals surface area contributed by atoms with E-state index in [4.69, 9.17) is 5.26 Å². The van der Waals surface area contributed by atoms with Crippen molar-refractivity contribution < 1.29 is 4.39 Å². The molecule has 2 aliphatic carbocycles. The van der Waals surface area contributed by atoms with Gasteiger partial charge in [-0.2, -0.15) is 5.26 Å². The van der Waals surface area contributed by atoms with Gasteiger partial charge in [0.1, 0.15) is 5.82 Å². The van der Waals surface area contributed by atoms with Gasteiger partial charge < -0.3 is 0 Å². The molecule has 0 aliphatic heterocycles. The van der Waals surface area contributed by atoms with Crippen LogP contribution in [0.1, 0.15) is 89.0 Å². The Labute approximate surface area is 189 Å². The summed E-state index contributed by atoms with van der Waals surface area (Å²) in [4.78, 5) is 0. The van der Waals surface area contributed by atoms with Crippen LogP contribution in [0, 0.1) is 40.8 Å². The van der Waals surface area contributed by atoms with Gasteiger partial charge in [-0.15, -0.1) is 0 Å². The van der Waals surface area contributed by atoms with E-state index in [0.29, 0.717) is 0 Å². The molecule has 0 heterocycles. The molecule has 168 valence electrons. The van der Waals surface area contributed by atoms with E-state index < -0.39 is 0 Å². The van der Waals surface area contributed by atoms with Gasteiger partial charge >= 0.3 is 0 Å². The largest absolute Gasteiger partial charge is 0.207 e. The minimum absolute atomic E-state index is 0.132. The minimum Gasteiger partial charge on any atom is -0.207 e. The van der Waals surface area contributed by atoms with Crippen LogP contribution in [0.2, 0.25) is 0 Å². The van der Waals surface area contributed by atoms with Crippen LogP contribution in [0.4, 0.5) is 4.39 Å². The third kappa shape index (κ3) is 8.64. The molecular formula is C29H40FN. The zero-order chi connectivity index (χ0) is 21.7. The number of rotatable bonds is 10. The van der Waals surface area contributed by atoms with Crippen molar-refractivity contribution in [1.82, 2.24) is 0 Å². The predicted octanol–water partition coefficient (Wildman–Crippen LogP) is 8.57. The second-order valence-corrected chi connectivity index (χ2v) is 9.93. The molecule has 2 aliphatic rings. The highest BCUT2D eigenvalue weighted by molar-refractivity contribution is 5.16. The first-order chi connectivity index (χ1) is 15.2. The Kier molecular flexibility index (Phi) is 10.4. The van der Waals surface area contributed by atoms with Crippen molar-refractivity contribution in [2.75, 3.05) is 0 Å². The average molecular weight is 422 g/mol. The maximum atomic E-state index is 13.0. The Morgan fingerprint density at radius 1 is 0.806 bits per heavy atom. The molecule has 0 aromatic heterocycles. The second kappa shape index (κ2) is 13.5. The highest BCUT2D eigenvalue weighted by atomic mass is 19.1. The van der Waals surface area contributed by atoms with Gasteiger partial charge in [0.25, 0.3) is 0 Å². The molecule has 1 aromatic rings. The van der Waals surface area contributed by atoms with Crippen LogP contribution in [0.15, 0.2) is 48.6 Å². The Hall–Kier alpha value is -1.88. The van der Waals surface area contributed by atoms with Crippen LogP contribution in [0.5, 0.6) is 0 Å². The number of hydrogen-bond donors (Lipinski definition) is 0. The Balaban J connectivity index is 1.24. The van der Waals surface area contributed by atoms with Gasteiger partial charge in [-0.3, -0.25) is 0 Å². The van der Waals surface area contributed by atoms with Crippen LogP contribution in [-0.2, 0) is 6.42 Å². The van der Waals surface area contributed by atoms with Crippen molar-refractivity contribution in [1.29, 1.82) is 5.26 Å². The van der Waals surface area contributed by atoms with Gasteiger partial charge in [0.15, 0.2) is 0 Å². The molecule has 0 saturated heterocycles. The number of nitrogens with zero attached hydrogens (tertiary/aromatic N) is 1. The van der Waals surface area contributed by atoms with Crippen molar-refractivity contribution in [3.05, 3.63) is 60.0 Å². The Bertz CT molecular complexity index is 710. The van der Waals surface area contributed by atoms with Crippen LogP contribution < -0.4 is 0 Å². The average Bonchev–Trinajstić information content (AvgIpc) is 2.81. The van der Waals surface area contributed by atoms with Gasteiger partial charge in [0, 0.05) is 6.08 Å². The highest BCUT2D eigenvalue weighted by Gasteiger charge is 2.30. The van der Waals surface area contributed by atoms with E-state index in [9.17, 15) is 4.39 Å². The first kappa shape index (κ1) is 23.8. The molecule has 1 aromatic carbocycles. The Morgan fingerprint density at radius 2 is 1.42 bits per heavy atom. The topological polar surface area (TPSA) is 23.8 Å². The number of aryl methyl sites for hydroxylation is 1. The molecule has 0 bridgehead atoms. The smallest absolute Gasteiger partial charge is 0.123 e. The fourth-order valence-electron chi connectivity index (χ4n) is 5.92. The van der Waals surface area contributed by atoms with E-state index in [1.165, 1.54) is 88.7 Å². The van der Waals surface area contributed by atoms with Crippen molar-refractivity contribution in [2.45, 2.75) is 89.9 Å². The molecule has 0 unspecified atom stereocenters. The molecule has 0 radical (unpaired) electrons. The quantitative estimate of drug-likeness (QED) is 0.211. The molecule has 2 saturated carbocycles. The Morgan fingerprint density at radius 3 is 2.03 bits per heavy atom. The molecule has 0 N–H and O–H groups in total. The summed E-state index contributed by atoms with van der Waals surface area (Å²) < 4.78 is 13.0. The molecule has 31 heavy (non-hydrogen) atoms. The van der Waals surface area contributed by atoms with Crippen molar-refractivity contribution >= 4 is 0 Å². The summed E-state index contributed by atoms with van der Waals surface area (Å²) in [5.74, 6) is 3.71. The summed E-state index contributed by atoms with van der Waals surface area (Å²) in [5.41, 5.74) is 1.27. The number of hydrogen-bond acceptors (Lipinski definition) is 1. The maximum absolute atomic E-state index is 13.0. The predicted molar refractivity (Wildman–Crippen MR) is 128 cm³/mol. The highest BCUT2D eigenvalue weighted by Crippen LogP contribution is 2.43. The summed E-state index contributed by atoms with van der Waals surface area (Å²) in [7, 11) is 0. The molecular weight excluding hydrogens is 381 g/mol. The lowest BCUT2D eigenvalue weighted by Gasteiger charge is -2.38. The van der Waals surface area contributed by atoms with Gasteiger partial charge in [0.05, 0.1) is 6.07 Å². The maximum Gasteiger partial charge on any atom is 0.123 e. The lowest BCUT2D eigenvalue weighted by Crippen LogP contribution is -2.25. The van der Waals surface area contributed by atoms with Crippen LogP contribution in [0.3, 0.4) is 0 Å². The minimum atomic E-state index is -0.132. The number of allylic oxidation sites excluding steroid dienone is 4. The van der Waals surface area contributed by atoms with Gasteiger partial charge in [-0.25, -0.2) is 4.39 Å². The summed E-state index contributed by atoms with van der Waals surface area (Å²) in [5, 5.41) is 8.49. The number of unbranched alkanes of at least 4 members (excludes halogenated alkanes) is 1. The van der Waals surface area contributed by atoms with E-state index >= 15 is 0 Å². The summed E-state index contributed by atoms with van der Waals surface area (Å²) in [6, 6.07) is 9.05. The molecule has 0 spiro atoms. The number of nitriles is 1. The first-order valence-corrected chi connectivity index (χ1v) is 12.7. The third-order valence-corrected chi connectivity index (χ3v) is 7.85. The van der Waals surface area contributed by atoms with Gasteiger partial charge in [-0.1, -0.05) is 68.9 Å². The van der Waals surface area contributed by atoms with E-state index in [1.54, 1.807) is 12.1 Å². The van der Waals surface area contributed by atoms with E-state index in [1.807, 2.05) is 30.4 Å². The standard InChI is InChI=1S/C29H40FN/c30-29-21-15-26(16-22-29)10-6-5-9-25-13-19-28(20-14-25)27-17-11-24(12-18-27)8-4-2-1-3-7-23-31/h1-3,7,15-16,21-22,24-25,27-28H,4-6,8-14,17-20H2/t24-,25-,27-,28-. The van der Waals surface area contributed by atoms with E-state index in [2.05, 4.69) is 6.08 Å². The summed E-state index contributed by atoms with van der Waals surface area (Å²) >= 11 is 0. The van der Waals surface area contributed by atoms with Crippen molar-refractivity contribution in [3.63, 3.8) is 0 Å². The monoisotopic (exact) mass is 421 g/mol. The molecule has 2 fully saturated rings. The van der Waals surface area contributed by atoms with Crippen LogP contribution >= 0.6 is 0 Å². The van der Waals surface area contributed by atoms with E-state index in [-0.39, 0.29) is 5.82 Å². The molecule has 0 atom stereocenters. The summed E-state index contributed by atoms with van der Waals surface area (Å²) in [6.07, 6.45) is 26.7. The normalized spacial score (nSPS) is 27.0. The fourth-order valence-corrected chi connectivity index (χ4v) is 5.92. The SMILES string of the molecule is N#CC=CC=CCC[C@H]1CC[C@H]([C@H]2CC[C@H](CCCCc3ccc(F)cc3)CC2)CC1. The molecule has 3 rings (SSSR count). The number of halogens is 1. The lowest BCUT2D eigenvalue weighted by atomic mass is 9.68. The zero-order valence-corrected chi connectivity index (χ0v) is 19.2. The van der Waals surface area contributed by atoms with Crippen molar-refractivity contribution in [3.8, 4) is 6.07 Å². The molecule has 1 nitrogen and oxygen atoms in total. The van der Waals surface area contributed by atoms with Gasteiger partial charge in [0.2, 0.25) is 0 Å². The van der Waals surface area contributed by atoms with Crippen molar-refractivity contribution in [2.24, 2.45) is 23.7 Å². The fraction of sp³-hybridized carbons (Fsp3) is 0.621. The summed E-state index contributed by atoms with van der Waals surface area (Å²) in [6.45, 7) is 0. The van der Waals surface area contributed by atoms with Crippen LogP contribution in [-0.4, -0.2) is 0 Å². The second-order valence-electron chi connectivity index (χ2n) is 9.93. The van der Waals surface area contributed by atoms with Gasteiger partial charge in [-0.05, 0) is 92.7 Å². The first-order valence-electron chi connectivity index (χ1n) is 12.7. The van der Waals surface area contributed by atoms with Crippen LogP contribution in [0.25, 0.3) is 0 Å². The zero-order valence-electron chi connectivity index (χ0n) is 19.2. The molecule has 0 amide bonds.